The molecule has 0 aliphatic carbocycles. The maximum Gasteiger partial charge on any atom is 0.422 e. The number of likely N-dealkylation sites (tertiary alicyclic amines) is 1. The molecule has 3 aliphatic rings. The molecule has 282 valence electrons. The Morgan fingerprint density at radius 2 is 1.69 bits per heavy atom. The summed E-state index contributed by atoms with van der Waals surface area (Å²) in [5.41, 5.74) is 1.26. The van der Waals surface area contributed by atoms with Crippen LogP contribution in [0, 0.1) is 5.92 Å². The number of carbonyl (C=O) groups excluding carboxylic acids is 2. The van der Waals surface area contributed by atoms with Crippen LogP contribution >= 0.6 is 0 Å². The molecule has 1 amide bonds. The lowest BCUT2D eigenvalue weighted by atomic mass is 9.90. The summed E-state index contributed by atoms with van der Waals surface area (Å²) in [6.07, 6.45) is -3.04. The average molecular weight is 734 g/mol. The first-order valence-corrected chi connectivity index (χ1v) is 16.7. The lowest BCUT2D eigenvalue weighted by Gasteiger charge is -2.34. The summed E-state index contributed by atoms with van der Waals surface area (Å²) < 4.78 is 71.8. The number of nitrogens with zero attached hydrogens (tertiary/aromatic N) is 4. The first-order chi connectivity index (χ1) is 25.1. The van der Waals surface area contributed by atoms with E-state index in [0.29, 0.717) is 37.8 Å². The lowest BCUT2D eigenvalue weighted by molar-refractivity contribution is -0.154. The number of fused-ring (bicyclic) bond motifs is 12. The number of hydrogen-bond donors (Lipinski definition) is 3. The van der Waals surface area contributed by atoms with Crippen LogP contribution in [0.1, 0.15) is 28.8 Å². The molecule has 0 radical (unpaired) electrons. The van der Waals surface area contributed by atoms with Gasteiger partial charge in [0.15, 0.2) is 6.61 Å². The number of hydrogen-bond acceptors (Lipinski definition) is 14. The molecule has 3 aromatic rings. The van der Waals surface area contributed by atoms with Gasteiger partial charge in [-0.05, 0) is 56.3 Å². The van der Waals surface area contributed by atoms with E-state index in [-0.39, 0.29) is 55.5 Å². The number of carbonyl (C=O) groups is 2. The number of rotatable bonds is 6. The van der Waals surface area contributed by atoms with Crippen molar-refractivity contribution in [2.75, 3.05) is 84.1 Å². The predicted octanol–water partition coefficient (Wildman–Crippen LogP) is 3.59. The van der Waals surface area contributed by atoms with Crippen molar-refractivity contribution in [2.24, 2.45) is 5.92 Å². The Balaban J connectivity index is 1.42. The molecule has 2 atom stereocenters. The van der Waals surface area contributed by atoms with Gasteiger partial charge in [0.2, 0.25) is 11.9 Å². The summed E-state index contributed by atoms with van der Waals surface area (Å²) in [6, 6.07) is 10.2. The smallest absolute Gasteiger partial charge is 0.422 e. The molecule has 0 spiro atoms. The Hall–Kier alpha value is -4.94. The number of halogens is 3. The maximum absolute atomic E-state index is 13.7. The summed E-state index contributed by atoms with van der Waals surface area (Å²) >= 11 is 0. The normalized spacial score (nSPS) is 18.4. The summed E-state index contributed by atoms with van der Waals surface area (Å²) in [5, 5.41) is 8.75. The van der Waals surface area contributed by atoms with E-state index >= 15 is 0 Å². The SMILES string of the molecule is COC(=O)C(NC(=O)c1ccc2cc1OCCOCCOCCOc1ccc(cc1)CNc1nc(nc(OCC(F)(F)F)n1)N2)C1CCCN(C)C1. The minimum atomic E-state index is -4.63. The van der Waals surface area contributed by atoms with Gasteiger partial charge in [-0.3, -0.25) is 4.79 Å². The molecular weight excluding hydrogens is 691 g/mol. The number of esters is 1. The van der Waals surface area contributed by atoms with Crippen molar-refractivity contribution in [1.29, 1.82) is 0 Å². The third-order valence-corrected chi connectivity index (χ3v) is 8.06. The molecule has 15 nitrogen and oxygen atoms in total. The first-order valence-electron chi connectivity index (χ1n) is 16.7. The van der Waals surface area contributed by atoms with Crippen LogP contribution in [0.15, 0.2) is 42.5 Å². The fourth-order valence-electron chi connectivity index (χ4n) is 5.57. The summed E-state index contributed by atoms with van der Waals surface area (Å²) in [7, 11) is 3.23. The van der Waals surface area contributed by atoms with Gasteiger partial charge in [-0.15, -0.1) is 0 Å². The maximum atomic E-state index is 13.7. The number of anilines is 3. The minimum absolute atomic E-state index is 0.0474. The highest BCUT2D eigenvalue weighted by atomic mass is 19.4. The molecule has 2 unspecified atom stereocenters. The van der Waals surface area contributed by atoms with Crippen LogP contribution in [0.2, 0.25) is 0 Å². The van der Waals surface area contributed by atoms with Gasteiger partial charge in [-0.2, -0.15) is 28.1 Å². The molecular formula is C34H42F3N7O8. The van der Waals surface area contributed by atoms with E-state index in [1.54, 1.807) is 12.1 Å². The number of alkyl halides is 3. The summed E-state index contributed by atoms with van der Waals surface area (Å²) in [6.45, 7) is 1.57. The molecule has 52 heavy (non-hydrogen) atoms. The van der Waals surface area contributed by atoms with Crippen LogP contribution in [0.3, 0.4) is 0 Å². The fourth-order valence-corrected chi connectivity index (χ4v) is 5.57. The third-order valence-electron chi connectivity index (χ3n) is 8.06. The Morgan fingerprint density at radius 3 is 2.40 bits per heavy atom. The standard InChI is InChI=1S/C34H42F3N7O8/c1-44-11-3-4-23(20-44)28(30(46)47-2)40-29(45)26-10-7-24-18-27(26)51-17-15-49-13-12-48-14-16-50-25-8-5-22(6-9-25)19-38-31-41-32(39-24)43-33(42-31)52-21-34(35,36)37/h5-10,18,23,28H,3-4,11-17,19-21H2,1-2H3,(H,40,45)(H2,38,39,41,42,43). The van der Waals surface area contributed by atoms with E-state index in [0.717, 1.165) is 24.9 Å². The van der Waals surface area contributed by atoms with Crippen LogP contribution in [-0.2, 0) is 25.5 Å². The molecule has 1 saturated heterocycles. The molecule has 6 rings (SSSR count). The third kappa shape index (κ3) is 11.8. The van der Waals surface area contributed by atoms with Crippen LogP contribution in [-0.4, -0.2) is 117 Å². The highest BCUT2D eigenvalue weighted by Crippen LogP contribution is 2.28. The molecule has 4 heterocycles. The highest BCUT2D eigenvalue weighted by molar-refractivity contribution is 5.99. The van der Waals surface area contributed by atoms with E-state index in [1.165, 1.54) is 25.3 Å². The second-order valence-corrected chi connectivity index (χ2v) is 12.1. The van der Waals surface area contributed by atoms with E-state index in [4.69, 9.17) is 28.4 Å². The molecule has 1 fully saturated rings. The monoisotopic (exact) mass is 733 g/mol. The average Bonchev–Trinajstić information content (AvgIpc) is 3.12. The number of ether oxygens (including phenoxy) is 6. The van der Waals surface area contributed by atoms with Crippen molar-refractivity contribution in [1.82, 2.24) is 25.2 Å². The van der Waals surface area contributed by atoms with Crippen LogP contribution in [0.25, 0.3) is 0 Å². The predicted molar refractivity (Wildman–Crippen MR) is 181 cm³/mol. The molecule has 1 aromatic heterocycles. The summed E-state index contributed by atoms with van der Waals surface area (Å²) in [4.78, 5) is 41.0. The fraction of sp³-hybridized carbons (Fsp3) is 0.500. The molecule has 0 saturated carbocycles. The zero-order valence-electron chi connectivity index (χ0n) is 28.9. The second-order valence-electron chi connectivity index (χ2n) is 12.1. The molecule has 6 bridgehead atoms. The Kier molecular flexibility index (Phi) is 13.6. The zero-order valence-corrected chi connectivity index (χ0v) is 28.9. The van der Waals surface area contributed by atoms with Gasteiger partial charge in [-0.1, -0.05) is 12.1 Å². The van der Waals surface area contributed by atoms with Crippen LogP contribution in [0.4, 0.5) is 30.8 Å². The number of nitrogens with one attached hydrogen (secondary N) is 3. The van der Waals surface area contributed by atoms with Crippen molar-refractivity contribution in [3.8, 4) is 17.5 Å². The Morgan fingerprint density at radius 1 is 0.981 bits per heavy atom. The van der Waals surface area contributed by atoms with Crippen LogP contribution in [0.5, 0.6) is 17.5 Å². The van der Waals surface area contributed by atoms with E-state index in [9.17, 15) is 22.8 Å². The molecule has 3 N–H and O–H groups in total. The molecule has 2 aromatic carbocycles. The van der Waals surface area contributed by atoms with Crippen molar-refractivity contribution in [2.45, 2.75) is 31.6 Å². The van der Waals surface area contributed by atoms with Gasteiger partial charge in [0, 0.05) is 30.8 Å². The number of aromatic nitrogens is 3. The van der Waals surface area contributed by atoms with Gasteiger partial charge >= 0.3 is 18.2 Å². The van der Waals surface area contributed by atoms with Crippen molar-refractivity contribution in [3.63, 3.8) is 0 Å². The van der Waals surface area contributed by atoms with Gasteiger partial charge < -0.3 is 49.3 Å². The van der Waals surface area contributed by atoms with Gasteiger partial charge in [0.05, 0.1) is 39.1 Å². The van der Waals surface area contributed by atoms with Crippen molar-refractivity contribution in [3.05, 3.63) is 53.6 Å². The van der Waals surface area contributed by atoms with E-state index < -0.39 is 36.7 Å². The van der Waals surface area contributed by atoms with Crippen molar-refractivity contribution < 1.29 is 51.2 Å². The quantitative estimate of drug-likeness (QED) is 0.248. The number of methoxy groups -OCH3 is 1. The zero-order chi connectivity index (χ0) is 36.9. The number of benzene rings is 2. The molecule has 18 heteroatoms. The Labute approximate surface area is 298 Å². The first kappa shape index (κ1) is 38.3. The Bertz CT molecular complexity index is 1630. The number of piperidine rings is 1. The van der Waals surface area contributed by atoms with Gasteiger partial charge in [0.1, 0.15) is 30.8 Å². The number of amides is 1. The van der Waals surface area contributed by atoms with Crippen molar-refractivity contribution >= 4 is 29.5 Å². The summed E-state index contributed by atoms with van der Waals surface area (Å²) in [5.74, 6) is -0.731. The van der Waals surface area contributed by atoms with E-state index in [1.807, 2.05) is 19.2 Å². The topological polar surface area (TPSA) is 168 Å². The van der Waals surface area contributed by atoms with E-state index in [2.05, 4.69) is 35.8 Å². The lowest BCUT2D eigenvalue weighted by Crippen LogP contribution is -2.51. The minimum Gasteiger partial charge on any atom is -0.491 e. The molecule has 3 aliphatic heterocycles. The van der Waals surface area contributed by atoms with Gasteiger partial charge in [-0.25, -0.2) is 4.79 Å². The van der Waals surface area contributed by atoms with Gasteiger partial charge in [0.25, 0.3) is 5.91 Å². The largest absolute Gasteiger partial charge is 0.491 e. The highest BCUT2D eigenvalue weighted by Gasteiger charge is 2.34. The van der Waals surface area contributed by atoms with Crippen LogP contribution < -0.4 is 30.2 Å². The second kappa shape index (κ2) is 18.5.